The zero-order valence-corrected chi connectivity index (χ0v) is 8.21. The van der Waals surface area contributed by atoms with Crippen LogP contribution < -0.4 is 5.32 Å². The molecular formula is C9H17NO3. The monoisotopic (exact) mass is 187 g/mol. The van der Waals surface area contributed by atoms with E-state index in [1.165, 1.54) is 0 Å². The van der Waals surface area contributed by atoms with Gasteiger partial charge in [-0.05, 0) is 33.2 Å². The zero-order chi connectivity index (χ0) is 9.68. The first-order valence-corrected chi connectivity index (χ1v) is 4.75. The van der Waals surface area contributed by atoms with Crippen molar-refractivity contribution in [2.24, 2.45) is 0 Å². The molecule has 1 saturated heterocycles. The van der Waals surface area contributed by atoms with Crippen LogP contribution in [0.5, 0.6) is 0 Å². The van der Waals surface area contributed by atoms with Gasteiger partial charge in [0.25, 0.3) is 0 Å². The molecule has 0 aromatic carbocycles. The highest BCUT2D eigenvalue weighted by Gasteiger charge is 2.16. The van der Waals surface area contributed by atoms with Crippen molar-refractivity contribution in [2.45, 2.75) is 38.8 Å². The van der Waals surface area contributed by atoms with Crippen LogP contribution in [-0.4, -0.2) is 31.5 Å². The van der Waals surface area contributed by atoms with Crippen LogP contribution in [0.2, 0.25) is 0 Å². The number of nitrogens with one attached hydrogen (secondary N) is 1. The minimum absolute atomic E-state index is 0.107. The van der Waals surface area contributed by atoms with Gasteiger partial charge in [-0.2, -0.15) is 0 Å². The highest BCUT2D eigenvalue weighted by atomic mass is 16.7. The van der Waals surface area contributed by atoms with E-state index in [9.17, 15) is 4.79 Å². The fourth-order valence-electron chi connectivity index (χ4n) is 1.29. The molecule has 1 atom stereocenters. The average molecular weight is 187 g/mol. The Balaban J connectivity index is 2.07. The second-order valence-electron chi connectivity index (χ2n) is 3.52. The fraction of sp³-hybridized carbons (Fsp3) is 0.889. The third-order valence-corrected chi connectivity index (χ3v) is 1.90. The van der Waals surface area contributed by atoms with Crippen molar-refractivity contribution in [3.05, 3.63) is 0 Å². The Labute approximate surface area is 78.6 Å². The first-order chi connectivity index (χ1) is 6.18. The molecular weight excluding hydrogens is 170 g/mol. The summed E-state index contributed by atoms with van der Waals surface area (Å²) in [6.45, 7) is 5.04. The van der Waals surface area contributed by atoms with Gasteiger partial charge < -0.3 is 14.8 Å². The lowest BCUT2D eigenvalue weighted by Crippen LogP contribution is -2.28. The molecule has 0 aliphatic carbocycles. The van der Waals surface area contributed by atoms with Crippen LogP contribution in [0.4, 0.5) is 4.79 Å². The van der Waals surface area contributed by atoms with E-state index in [1.807, 2.05) is 0 Å². The van der Waals surface area contributed by atoms with Crippen molar-refractivity contribution in [1.29, 1.82) is 0 Å². The second kappa shape index (κ2) is 5.07. The zero-order valence-electron chi connectivity index (χ0n) is 8.21. The molecule has 76 valence electrons. The average Bonchev–Trinajstić information content (AvgIpc) is 2.51. The van der Waals surface area contributed by atoms with E-state index in [2.05, 4.69) is 5.32 Å². The number of hydrogen-bond acceptors (Lipinski definition) is 4. The maximum atomic E-state index is 10.9. The minimum Gasteiger partial charge on any atom is -0.433 e. The normalized spacial score (nSPS) is 21.9. The Kier molecular flexibility index (Phi) is 4.02. The van der Waals surface area contributed by atoms with Crippen LogP contribution in [-0.2, 0) is 9.47 Å². The Hall–Kier alpha value is -0.770. The molecule has 1 aliphatic rings. The maximum absolute atomic E-state index is 10.9. The van der Waals surface area contributed by atoms with Gasteiger partial charge in [-0.25, -0.2) is 4.79 Å². The topological polar surface area (TPSA) is 47.6 Å². The van der Waals surface area contributed by atoms with Gasteiger partial charge in [0.05, 0.1) is 6.10 Å². The van der Waals surface area contributed by atoms with Crippen LogP contribution in [0.25, 0.3) is 0 Å². The molecule has 4 nitrogen and oxygen atoms in total. The summed E-state index contributed by atoms with van der Waals surface area (Å²) in [5, 5.41) is 3.23. The summed E-state index contributed by atoms with van der Waals surface area (Å²) in [5.74, 6) is 0. The van der Waals surface area contributed by atoms with E-state index >= 15 is 0 Å². The van der Waals surface area contributed by atoms with E-state index < -0.39 is 6.16 Å². The van der Waals surface area contributed by atoms with Crippen molar-refractivity contribution in [3.63, 3.8) is 0 Å². The van der Waals surface area contributed by atoms with Crippen molar-refractivity contribution < 1.29 is 14.3 Å². The molecule has 13 heavy (non-hydrogen) atoms. The molecule has 4 heteroatoms. The molecule has 1 aliphatic heterocycles. The molecule has 1 fully saturated rings. The summed E-state index contributed by atoms with van der Waals surface area (Å²) in [5.41, 5.74) is 0. The molecule has 1 heterocycles. The fourth-order valence-corrected chi connectivity index (χ4v) is 1.29. The van der Waals surface area contributed by atoms with Crippen LogP contribution in [0.3, 0.4) is 0 Å². The van der Waals surface area contributed by atoms with Gasteiger partial charge in [-0.15, -0.1) is 0 Å². The third kappa shape index (κ3) is 4.12. The highest BCUT2D eigenvalue weighted by molar-refractivity contribution is 5.60. The van der Waals surface area contributed by atoms with Crippen molar-refractivity contribution in [3.8, 4) is 0 Å². The number of hydrogen-bond donors (Lipinski definition) is 1. The van der Waals surface area contributed by atoms with E-state index in [-0.39, 0.29) is 6.10 Å². The Morgan fingerprint density at radius 2 is 2.38 bits per heavy atom. The lowest BCUT2D eigenvalue weighted by Gasteiger charge is -2.12. The molecule has 0 aromatic heterocycles. The standard InChI is InChI=1S/C9H17NO3/c1-7(2)13-9(11)12-6-8-4-3-5-10-8/h7-8,10H,3-6H2,1-2H3. The lowest BCUT2D eigenvalue weighted by molar-refractivity contribution is 0.0302. The smallest absolute Gasteiger partial charge is 0.433 e. The largest absolute Gasteiger partial charge is 0.508 e. The molecule has 0 radical (unpaired) electrons. The SMILES string of the molecule is CC(C)OC(=O)OCC1CCCN1. The third-order valence-electron chi connectivity index (χ3n) is 1.90. The summed E-state index contributed by atoms with van der Waals surface area (Å²) in [6, 6.07) is 0.319. The van der Waals surface area contributed by atoms with Crippen LogP contribution in [0.1, 0.15) is 26.7 Å². The van der Waals surface area contributed by atoms with Crippen molar-refractivity contribution in [1.82, 2.24) is 5.32 Å². The number of carbonyl (C=O) groups excluding carboxylic acids is 1. The van der Waals surface area contributed by atoms with Crippen molar-refractivity contribution in [2.75, 3.05) is 13.2 Å². The van der Waals surface area contributed by atoms with E-state index in [1.54, 1.807) is 13.8 Å². The first-order valence-electron chi connectivity index (χ1n) is 4.75. The van der Waals surface area contributed by atoms with Gasteiger partial charge >= 0.3 is 6.16 Å². The quantitative estimate of drug-likeness (QED) is 0.676. The molecule has 0 saturated carbocycles. The van der Waals surface area contributed by atoms with Gasteiger partial charge in [0.2, 0.25) is 0 Å². The van der Waals surface area contributed by atoms with E-state index in [0.717, 1.165) is 19.4 Å². The predicted octanol–water partition coefficient (Wildman–Crippen LogP) is 1.30. The number of carbonyl (C=O) groups is 1. The Bertz CT molecular complexity index is 164. The molecule has 1 N–H and O–H groups in total. The summed E-state index contributed by atoms with van der Waals surface area (Å²) in [6.07, 6.45) is 1.56. The van der Waals surface area contributed by atoms with Gasteiger partial charge in [0.15, 0.2) is 0 Å². The maximum Gasteiger partial charge on any atom is 0.508 e. The molecule has 0 aromatic rings. The molecule has 0 spiro atoms. The Morgan fingerprint density at radius 3 is 2.92 bits per heavy atom. The molecule has 1 unspecified atom stereocenters. The van der Waals surface area contributed by atoms with Crippen molar-refractivity contribution >= 4 is 6.16 Å². The first kappa shape index (κ1) is 10.3. The van der Waals surface area contributed by atoms with E-state index in [0.29, 0.717) is 12.6 Å². The lowest BCUT2D eigenvalue weighted by atomic mass is 10.2. The van der Waals surface area contributed by atoms with Crippen LogP contribution in [0, 0.1) is 0 Å². The van der Waals surface area contributed by atoms with Gasteiger partial charge in [-0.1, -0.05) is 0 Å². The van der Waals surface area contributed by atoms with E-state index in [4.69, 9.17) is 9.47 Å². The summed E-state index contributed by atoms with van der Waals surface area (Å²) >= 11 is 0. The number of ether oxygens (including phenoxy) is 2. The summed E-state index contributed by atoms with van der Waals surface area (Å²) in [7, 11) is 0. The van der Waals surface area contributed by atoms with Gasteiger partial charge in [0.1, 0.15) is 6.61 Å². The predicted molar refractivity (Wildman–Crippen MR) is 48.6 cm³/mol. The summed E-state index contributed by atoms with van der Waals surface area (Å²) < 4.78 is 9.73. The van der Waals surface area contributed by atoms with Gasteiger partial charge in [-0.3, -0.25) is 0 Å². The summed E-state index contributed by atoms with van der Waals surface area (Å²) in [4.78, 5) is 10.9. The minimum atomic E-state index is -0.566. The Morgan fingerprint density at radius 1 is 1.62 bits per heavy atom. The van der Waals surface area contributed by atoms with Crippen LogP contribution in [0.15, 0.2) is 0 Å². The number of rotatable bonds is 3. The highest BCUT2D eigenvalue weighted by Crippen LogP contribution is 2.05. The van der Waals surface area contributed by atoms with Crippen LogP contribution >= 0.6 is 0 Å². The molecule has 0 bridgehead atoms. The molecule has 1 rings (SSSR count). The van der Waals surface area contributed by atoms with Gasteiger partial charge in [0, 0.05) is 6.04 Å². The second-order valence-corrected chi connectivity index (χ2v) is 3.52. The molecule has 0 amide bonds.